The fraction of sp³-hybridized carbons (Fsp3) is 0.312. The molecule has 1 aromatic carbocycles. The fourth-order valence-corrected chi connectivity index (χ4v) is 2.74. The van der Waals surface area contributed by atoms with Gasteiger partial charge in [-0.15, -0.1) is 0 Å². The summed E-state index contributed by atoms with van der Waals surface area (Å²) < 4.78 is 5.69. The highest BCUT2D eigenvalue weighted by molar-refractivity contribution is 5.40. The Balaban J connectivity index is 1.95. The van der Waals surface area contributed by atoms with Crippen molar-refractivity contribution in [1.29, 1.82) is 0 Å². The molecule has 2 atom stereocenters. The molecule has 0 amide bonds. The van der Waals surface area contributed by atoms with Crippen molar-refractivity contribution in [2.24, 2.45) is 5.73 Å². The molecule has 2 aromatic rings. The van der Waals surface area contributed by atoms with Crippen molar-refractivity contribution in [3.8, 4) is 5.75 Å². The van der Waals surface area contributed by atoms with Gasteiger partial charge < -0.3 is 10.5 Å². The second-order valence-corrected chi connectivity index (χ2v) is 5.10. The van der Waals surface area contributed by atoms with Gasteiger partial charge in [0.25, 0.3) is 0 Å². The smallest absolute Gasteiger partial charge is 0.122 e. The molecule has 2 unspecified atom stereocenters. The number of pyridine rings is 1. The van der Waals surface area contributed by atoms with Gasteiger partial charge in [0.05, 0.1) is 6.61 Å². The van der Waals surface area contributed by atoms with Crippen LogP contribution in [0.5, 0.6) is 5.75 Å². The molecular weight excluding hydrogens is 236 g/mol. The lowest BCUT2D eigenvalue weighted by atomic mass is 9.84. The predicted octanol–water partition coefficient (Wildman–Crippen LogP) is 2.96. The fourth-order valence-electron chi connectivity index (χ4n) is 2.74. The van der Waals surface area contributed by atoms with E-state index in [9.17, 15) is 0 Å². The molecule has 0 saturated carbocycles. The zero-order valence-corrected chi connectivity index (χ0v) is 11.0. The van der Waals surface area contributed by atoms with E-state index in [1.807, 2.05) is 37.5 Å². The molecule has 3 rings (SSSR count). The lowest BCUT2D eigenvalue weighted by molar-refractivity contribution is 0.255. The number of aromatic nitrogens is 1. The van der Waals surface area contributed by atoms with Crippen molar-refractivity contribution < 1.29 is 4.74 Å². The first-order valence-electron chi connectivity index (χ1n) is 6.64. The Morgan fingerprint density at radius 3 is 3.00 bits per heavy atom. The van der Waals surface area contributed by atoms with Gasteiger partial charge in [-0.1, -0.05) is 24.3 Å². The van der Waals surface area contributed by atoms with Crippen molar-refractivity contribution in [3.63, 3.8) is 0 Å². The number of aryl methyl sites for hydroxylation is 1. The molecule has 0 saturated heterocycles. The lowest BCUT2D eigenvalue weighted by Gasteiger charge is -2.30. The SMILES string of the molecule is Cc1cncc(C(N)C2CCOc3ccccc32)c1. The van der Waals surface area contributed by atoms with Crippen LogP contribution in [0.15, 0.2) is 42.7 Å². The van der Waals surface area contributed by atoms with E-state index in [2.05, 4.69) is 17.1 Å². The number of nitrogens with zero attached hydrogens (tertiary/aromatic N) is 1. The molecule has 3 nitrogen and oxygen atoms in total. The van der Waals surface area contributed by atoms with Crippen LogP contribution in [0.1, 0.15) is 35.1 Å². The van der Waals surface area contributed by atoms with Crippen LogP contribution in [0, 0.1) is 6.92 Å². The third-order valence-corrected chi connectivity index (χ3v) is 3.72. The Hall–Kier alpha value is -1.87. The highest BCUT2D eigenvalue weighted by atomic mass is 16.5. The molecule has 0 aliphatic carbocycles. The van der Waals surface area contributed by atoms with Crippen LogP contribution in [0.25, 0.3) is 0 Å². The van der Waals surface area contributed by atoms with Gasteiger partial charge in [-0.05, 0) is 36.1 Å². The van der Waals surface area contributed by atoms with Crippen LogP contribution in [-0.4, -0.2) is 11.6 Å². The second kappa shape index (κ2) is 5.02. The molecule has 98 valence electrons. The van der Waals surface area contributed by atoms with Gasteiger partial charge in [-0.3, -0.25) is 4.98 Å². The molecule has 0 spiro atoms. The normalized spacial score (nSPS) is 19.4. The average molecular weight is 254 g/mol. The topological polar surface area (TPSA) is 48.1 Å². The number of benzene rings is 1. The van der Waals surface area contributed by atoms with Crippen LogP contribution in [0.3, 0.4) is 0 Å². The standard InChI is InChI=1S/C16H18N2O/c1-11-8-12(10-18-9-11)16(17)14-6-7-19-15-5-3-2-4-13(14)15/h2-5,8-10,14,16H,6-7,17H2,1H3. The van der Waals surface area contributed by atoms with E-state index in [0.29, 0.717) is 5.92 Å². The number of fused-ring (bicyclic) bond motifs is 1. The maximum Gasteiger partial charge on any atom is 0.122 e. The van der Waals surface area contributed by atoms with Gasteiger partial charge in [-0.25, -0.2) is 0 Å². The monoisotopic (exact) mass is 254 g/mol. The average Bonchev–Trinajstić information content (AvgIpc) is 2.46. The Kier molecular flexibility index (Phi) is 3.22. The van der Waals surface area contributed by atoms with Crippen molar-refractivity contribution in [1.82, 2.24) is 4.98 Å². The van der Waals surface area contributed by atoms with Gasteiger partial charge in [-0.2, -0.15) is 0 Å². The minimum atomic E-state index is -0.0301. The maximum absolute atomic E-state index is 6.46. The minimum absolute atomic E-state index is 0.0301. The lowest BCUT2D eigenvalue weighted by Crippen LogP contribution is -2.25. The Labute approximate surface area is 113 Å². The van der Waals surface area contributed by atoms with E-state index in [1.165, 1.54) is 5.56 Å². The molecule has 1 aliphatic heterocycles. The van der Waals surface area contributed by atoms with Gasteiger partial charge >= 0.3 is 0 Å². The van der Waals surface area contributed by atoms with Crippen LogP contribution >= 0.6 is 0 Å². The predicted molar refractivity (Wildman–Crippen MR) is 75.2 cm³/mol. The number of nitrogens with two attached hydrogens (primary N) is 1. The zero-order valence-electron chi connectivity index (χ0n) is 11.0. The summed E-state index contributed by atoms with van der Waals surface area (Å²) in [5, 5.41) is 0. The van der Waals surface area contributed by atoms with Crippen molar-refractivity contribution in [3.05, 3.63) is 59.4 Å². The molecular formula is C16H18N2O. The number of ether oxygens (including phenoxy) is 1. The molecule has 0 fully saturated rings. The summed E-state index contributed by atoms with van der Waals surface area (Å²) in [5.74, 6) is 1.27. The van der Waals surface area contributed by atoms with Gasteiger partial charge in [0.15, 0.2) is 0 Å². The summed E-state index contributed by atoms with van der Waals surface area (Å²) in [6, 6.07) is 10.3. The van der Waals surface area contributed by atoms with Crippen molar-refractivity contribution >= 4 is 0 Å². The van der Waals surface area contributed by atoms with E-state index in [4.69, 9.17) is 10.5 Å². The third-order valence-electron chi connectivity index (χ3n) is 3.72. The van der Waals surface area contributed by atoms with E-state index < -0.39 is 0 Å². The van der Waals surface area contributed by atoms with Gasteiger partial charge in [0, 0.05) is 24.4 Å². The summed E-state index contributed by atoms with van der Waals surface area (Å²) >= 11 is 0. The van der Waals surface area contributed by atoms with Crippen molar-refractivity contribution in [2.75, 3.05) is 6.61 Å². The van der Waals surface area contributed by atoms with E-state index in [0.717, 1.165) is 29.9 Å². The molecule has 2 N–H and O–H groups in total. The molecule has 0 bridgehead atoms. The first kappa shape index (κ1) is 12.2. The zero-order chi connectivity index (χ0) is 13.2. The van der Waals surface area contributed by atoms with E-state index >= 15 is 0 Å². The van der Waals surface area contributed by atoms with Crippen LogP contribution in [-0.2, 0) is 0 Å². The Morgan fingerprint density at radius 1 is 1.32 bits per heavy atom. The molecule has 3 heteroatoms. The number of rotatable bonds is 2. The first-order valence-corrected chi connectivity index (χ1v) is 6.64. The number of para-hydroxylation sites is 1. The summed E-state index contributed by atoms with van der Waals surface area (Å²) in [7, 11) is 0. The highest BCUT2D eigenvalue weighted by Gasteiger charge is 2.27. The summed E-state index contributed by atoms with van der Waals surface area (Å²) in [6.07, 6.45) is 4.68. The minimum Gasteiger partial charge on any atom is -0.493 e. The molecule has 19 heavy (non-hydrogen) atoms. The number of hydrogen-bond donors (Lipinski definition) is 1. The molecule has 0 radical (unpaired) electrons. The van der Waals surface area contributed by atoms with Gasteiger partial charge in [0.1, 0.15) is 5.75 Å². The highest BCUT2D eigenvalue weighted by Crippen LogP contribution is 2.39. The molecule has 1 aromatic heterocycles. The Bertz CT molecular complexity index is 582. The van der Waals surface area contributed by atoms with Crippen LogP contribution in [0.4, 0.5) is 0 Å². The summed E-state index contributed by atoms with van der Waals surface area (Å²) in [6.45, 7) is 2.77. The second-order valence-electron chi connectivity index (χ2n) is 5.10. The molecule has 1 aliphatic rings. The summed E-state index contributed by atoms with van der Waals surface area (Å²) in [5.41, 5.74) is 9.91. The van der Waals surface area contributed by atoms with Crippen LogP contribution < -0.4 is 10.5 Å². The number of hydrogen-bond acceptors (Lipinski definition) is 3. The molecule has 2 heterocycles. The maximum atomic E-state index is 6.46. The summed E-state index contributed by atoms with van der Waals surface area (Å²) in [4.78, 5) is 4.24. The third kappa shape index (κ3) is 2.34. The first-order chi connectivity index (χ1) is 9.25. The van der Waals surface area contributed by atoms with Crippen LogP contribution in [0.2, 0.25) is 0 Å². The Morgan fingerprint density at radius 2 is 2.16 bits per heavy atom. The largest absolute Gasteiger partial charge is 0.493 e. The van der Waals surface area contributed by atoms with E-state index in [1.54, 1.807) is 0 Å². The van der Waals surface area contributed by atoms with Crippen molar-refractivity contribution in [2.45, 2.75) is 25.3 Å². The van der Waals surface area contributed by atoms with Gasteiger partial charge in [0.2, 0.25) is 0 Å². The quantitative estimate of drug-likeness (QED) is 0.896. The van der Waals surface area contributed by atoms with E-state index in [-0.39, 0.29) is 6.04 Å².